The van der Waals surface area contributed by atoms with Crippen LogP contribution in [-0.4, -0.2) is 0 Å². The first-order valence-corrected chi connectivity index (χ1v) is 11.3. The second-order valence-electron chi connectivity index (χ2n) is 7.74. The molecule has 146 valence electrons. The first-order chi connectivity index (χ1) is 12.9. The van der Waals surface area contributed by atoms with Gasteiger partial charge in [0, 0.05) is 18.6 Å². The van der Waals surface area contributed by atoms with Gasteiger partial charge in [0.05, 0.1) is 11.6 Å². The van der Waals surface area contributed by atoms with Crippen molar-refractivity contribution < 1.29 is 4.57 Å². The number of unbranched alkanes of at least 4 members (excludes halogenated alkanes) is 15. The van der Waals surface area contributed by atoms with Crippen LogP contribution >= 0.6 is 0 Å². The Balaban J connectivity index is 1.77. The van der Waals surface area contributed by atoms with Gasteiger partial charge in [-0.25, -0.2) is 4.57 Å². The first-order valence-electron chi connectivity index (χ1n) is 11.3. The molecule has 0 aliphatic rings. The minimum atomic E-state index is 0.744. The molecule has 0 N–H and O–H groups in total. The van der Waals surface area contributed by atoms with E-state index in [2.05, 4.69) is 17.6 Å². The molecule has 0 spiro atoms. The molecule has 1 heterocycles. The predicted molar refractivity (Wildman–Crippen MR) is 111 cm³/mol. The largest absolute Gasteiger partial charge is 0.205 e. The Hall–Kier alpha value is -1.36. The fourth-order valence-corrected chi connectivity index (χ4v) is 3.52. The number of nitriles is 1. The van der Waals surface area contributed by atoms with Gasteiger partial charge in [0.2, 0.25) is 0 Å². The van der Waals surface area contributed by atoms with Crippen molar-refractivity contribution >= 4 is 0 Å². The lowest BCUT2D eigenvalue weighted by Gasteiger charge is -2.03. The molecule has 0 amide bonds. The van der Waals surface area contributed by atoms with Crippen molar-refractivity contribution in [2.24, 2.45) is 0 Å². The van der Waals surface area contributed by atoms with Crippen LogP contribution in [0.2, 0.25) is 0 Å². The molecule has 0 bridgehead atoms. The van der Waals surface area contributed by atoms with Gasteiger partial charge in [-0.3, -0.25) is 0 Å². The van der Waals surface area contributed by atoms with Gasteiger partial charge >= 0.3 is 0 Å². The van der Waals surface area contributed by atoms with Crippen molar-refractivity contribution in [1.82, 2.24) is 0 Å². The fourth-order valence-electron chi connectivity index (χ4n) is 3.52. The summed E-state index contributed by atoms with van der Waals surface area (Å²) in [6, 6.07) is 5.96. The maximum atomic E-state index is 8.79. The SMILES string of the molecule is CCCCCCCCCCCCCCCCCC[n+]1ccc(C#N)cc1. The van der Waals surface area contributed by atoms with Crippen LogP contribution in [0.25, 0.3) is 0 Å². The van der Waals surface area contributed by atoms with Crippen LogP contribution in [0.5, 0.6) is 0 Å². The van der Waals surface area contributed by atoms with E-state index in [1.807, 2.05) is 24.5 Å². The molecule has 0 saturated heterocycles. The third-order valence-electron chi connectivity index (χ3n) is 5.29. The van der Waals surface area contributed by atoms with Gasteiger partial charge in [0.25, 0.3) is 0 Å². The molecular formula is C24H41N2+. The normalized spacial score (nSPS) is 10.8. The van der Waals surface area contributed by atoms with Gasteiger partial charge in [-0.2, -0.15) is 5.26 Å². The number of hydrogen-bond acceptors (Lipinski definition) is 1. The smallest absolute Gasteiger partial charge is 0.170 e. The minimum Gasteiger partial charge on any atom is -0.205 e. The highest BCUT2D eigenvalue weighted by atomic mass is 14.9. The summed E-state index contributed by atoms with van der Waals surface area (Å²) in [6.45, 7) is 3.36. The number of nitrogens with zero attached hydrogens (tertiary/aromatic N) is 2. The molecule has 0 saturated carbocycles. The van der Waals surface area contributed by atoms with Gasteiger partial charge in [-0.1, -0.05) is 96.8 Å². The van der Waals surface area contributed by atoms with Gasteiger partial charge in [0.15, 0.2) is 12.4 Å². The Morgan fingerprint density at radius 1 is 0.654 bits per heavy atom. The first kappa shape index (κ1) is 22.7. The van der Waals surface area contributed by atoms with Crippen molar-refractivity contribution in [1.29, 1.82) is 5.26 Å². The van der Waals surface area contributed by atoms with Gasteiger partial charge in [-0.15, -0.1) is 0 Å². The predicted octanol–water partition coefficient (Wildman–Crippen LogP) is 7.11. The molecule has 1 rings (SSSR count). The lowest BCUT2D eigenvalue weighted by Crippen LogP contribution is -2.32. The van der Waals surface area contributed by atoms with Crippen molar-refractivity contribution in [2.75, 3.05) is 0 Å². The van der Waals surface area contributed by atoms with Gasteiger partial charge < -0.3 is 0 Å². The summed E-state index contributed by atoms with van der Waals surface area (Å²) in [4.78, 5) is 0. The molecule has 0 unspecified atom stereocenters. The zero-order valence-electron chi connectivity index (χ0n) is 17.2. The van der Waals surface area contributed by atoms with E-state index >= 15 is 0 Å². The summed E-state index contributed by atoms with van der Waals surface area (Å²) in [7, 11) is 0. The van der Waals surface area contributed by atoms with Crippen molar-refractivity contribution in [3.05, 3.63) is 30.1 Å². The van der Waals surface area contributed by atoms with Crippen LogP contribution < -0.4 is 4.57 Å². The van der Waals surface area contributed by atoms with E-state index in [-0.39, 0.29) is 0 Å². The summed E-state index contributed by atoms with van der Waals surface area (Å²) < 4.78 is 2.19. The molecule has 1 aromatic rings. The quantitative estimate of drug-likeness (QED) is 0.216. The highest BCUT2D eigenvalue weighted by Crippen LogP contribution is 2.13. The molecule has 2 nitrogen and oxygen atoms in total. The minimum absolute atomic E-state index is 0.744. The molecular weight excluding hydrogens is 316 g/mol. The third kappa shape index (κ3) is 12.9. The zero-order chi connectivity index (χ0) is 18.7. The van der Waals surface area contributed by atoms with Crippen molar-refractivity contribution in [3.8, 4) is 6.07 Å². The van der Waals surface area contributed by atoms with E-state index in [4.69, 9.17) is 5.26 Å². The van der Waals surface area contributed by atoms with Crippen LogP contribution in [0.1, 0.15) is 115 Å². The van der Waals surface area contributed by atoms with Crippen LogP contribution in [0.15, 0.2) is 24.5 Å². The molecule has 1 aromatic heterocycles. The lowest BCUT2D eigenvalue weighted by molar-refractivity contribution is -0.697. The Bertz CT molecular complexity index is 458. The zero-order valence-corrected chi connectivity index (χ0v) is 17.2. The second kappa shape index (κ2) is 17.1. The maximum absolute atomic E-state index is 8.79. The average Bonchev–Trinajstić information content (AvgIpc) is 2.68. The molecule has 0 atom stereocenters. The van der Waals surface area contributed by atoms with E-state index in [1.165, 1.54) is 103 Å². The summed E-state index contributed by atoms with van der Waals surface area (Å²) in [6.07, 6.45) is 26.6. The summed E-state index contributed by atoms with van der Waals surface area (Å²) in [5.74, 6) is 0. The molecule has 26 heavy (non-hydrogen) atoms. The monoisotopic (exact) mass is 357 g/mol. The van der Waals surface area contributed by atoms with Gasteiger partial charge in [-0.05, 0) is 6.42 Å². The van der Waals surface area contributed by atoms with Gasteiger partial charge in [0.1, 0.15) is 6.54 Å². The Morgan fingerprint density at radius 3 is 1.42 bits per heavy atom. The summed E-state index contributed by atoms with van der Waals surface area (Å²) in [5, 5.41) is 8.79. The van der Waals surface area contributed by atoms with Crippen LogP contribution in [0, 0.1) is 11.3 Å². The van der Waals surface area contributed by atoms with E-state index < -0.39 is 0 Å². The van der Waals surface area contributed by atoms with E-state index in [1.54, 1.807) is 0 Å². The average molecular weight is 358 g/mol. The standard InChI is InChI=1S/C24H41N2/c1-2-3-4-5-6-7-8-9-10-11-12-13-14-15-16-17-20-26-21-18-24(23-25)19-22-26/h18-19,21-22H,2-17,20H2,1H3/q+1. The van der Waals surface area contributed by atoms with Crippen LogP contribution in [0.3, 0.4) is 0 Å². The molecule has 0 fully saturated rings. The molecule has 0 aliphatic carbocycles. The molecule has 0 aliphatic heterocycles. The van der Waals surface area contributed by atoms with Crippen molar-refractivity contribution in [2.45, 2.75) is 116 Å². The fraction of sp³-hybridized carbons (Fsp3) is 0.750. The summed E-state index contributed by atoms with van der Waals surface area (Å²) >= 11 is 0. The van der Waals surface area contributed by atoms with Crippen molar-refractivity contribution in [3.63, 3.8) is 0 Å². The number of hydrogen-bond donors (Lipinski definition) is 0. The Labute approximate surface area is 162 Å². The third-order valence-corrected chi connectivity index (χ3v) is 5.29. The van der Waals surface area contributed by atoms with E-state index in [9.17, 15) is 0 Å². The second-order valence-corrected chi connectivity index (χ2v) is 7.74. The maximum Gasteiger partial charge on any atom is 0.170 e. The highest BCUT2D eigenvalue weighted by molar-refractivity contribution is 5.23. The van der Waals surface area contributed by atoms with E-state index in [0.717, 1.165) is 12.1 Å². The lowest BCUT2D eigenvalue weighted by atomic mass is 10.0. The molecule has 2 heteroatoms. The number of aromatic nitrogens is 1. The Kier molecular flexibility index (Phi) is 14.9. The summed E-state index contributed by atoms with van der Waals surface area (Å²) in [5.41, 5.74) is 0.744. The van der Waals surface area contributed by atoms with Crippen LogP contribution in [0.4, 0.5) is 0 Å². The van der Waals surface area contributed by atoms with Crippen LogP contribution in [-0.2, 0) is 6.54 Å². The number of pyridine rings is 1. The number of aryl methyl sites for hydroxylation is 1. The Morgan fingerprint density at radius 2 is 1.04 bits per heavy atom. The molecule has 0 radical (unpaired) electrons. The highest BCUT2D eigenvalue weighted by Gasteiger charge is 2.00. The molecule has 0 aromatic carbocycles. The topological polar surface area (TPSA) is 27.7 Å². The van der Waals surface area contributed by atoms with E-state index in [0.29, 0.717) is 0 Å². The number of rotatable bonds is 17.